The molecule has 1 unspecified atom stereocenters. The Balaban J connectivity index is 1.79. The van der Waals surface area contributed by atoms with Gasteiger partial charge >= 0.3 is 0 Å². The molecule has 92 valence electrons. The van der Waals surface area contributed by atoms with Crippen LogP contribution in [0, 0.1) is 0 Å². The Bertz CT molecular complexity index is 399. The van der Waals surface area contributed by atoms with Gasteiger partial charge in [0.05, 0.1) is 0 Å². The van der Waals surface area contributed by atoms with E-state index in [0.717, 1.165) is 25.6 Å². The molecule has 1 fully saturated rings. The maximum Gasteiger partial charge on any atom is 0.0246 e. The van der Waals surface area contributed by atoms with Crippen LogP contribution >= 0.6 is 11.8 Å². The van der Waals surface area contributed by atoms with Crippen LogP contribution in [0.1, 0.15) is 24.0 Å². The van der Waals surface area contributed by atoms with Crippen LogP contribution in [0.3, 0.4) is 0 Å². The lowest BCUT2D eigenvalue weighted by atomic mass is 10.0. The Hall–Kier alpha value is -0.510. The van der Waals surface area contributed by atoms with Crippen LogP contribution in [-0.2, 0) is 6.54 Å². The molecule has 0 spiro atoms. The highest BCUT2D eigenvalue weighted by Crippen LogP contribution is 2.41. The second kappa shape index (κ2) is 5.01. The Kier molecular flexibility index (Phi) is 3.41. The van der Waals surface area contributed by atoms with Crippen molar-refractivity contribution in [3.63, 3.8) is 0 Å². The summed E-state index contributed by atoms with van der Waals surface area (Å²) in [6.45, 7) is 8.11. The maximum atomic E-state index is 3.41. The van der Waals surface area contributed by atoms with E-state index in [1.54, 1.807) is 16.0 Å². The van der Waals surface area contributed by atoms with Crippen LogP contribution < -0.4 is 5.32 Å². The second-order valence-electron chi connectivity index (χ2n) is 5.07. The van der Waals surface area contributed by atoms with Gasteiger partial charge in [0.25, 0.3) is 0 Å². The summed E-state index contributed by atoms with van der Waals surface area (Å²) in [6.07, 6.45) is 0. The molecule has 1 aromatic carbocycles. The highest BCUT2D eigenvalue weighted by Gasteiger charge is 2.22. The fraction of sp³-hybridized carbons (Fsp3) is 0.571. The number of nitrogens with one attached hydrogen (secondary N) is 1. The summed E-state index contributed by atoms with van der Waals surface area (Å²) >= 11 is 2.05. The van der Waals surface area contributed by atoms with Crippen LogP contribution in [0.5, 0.6) is 0 Å². The smallest absolute Gasteiger partial charge is 0.0246 e. The number of piperazine rings is 1. The van der Waals surface area contributed by atoms with Gasteiger partial charge in [0.1, 0.15) is 0 Å². The molecule has 1 aromatic rings. The number of rotatable bonds is 2. The van der Waals surface area contributed by atoms with Gasteiger partial charge in [0.2, 0.25) is 0 Å². The van der Waals surface area contributed by atoms with Gasteiger partial charge in [-0.3, -0.25) is 4.90 Å². The molecule has 2 heterocycles. The number of fused-ring (bicyclic) bond motifs is 1. The Morgan fingerprint density at radius 2 is 2.18 bits per heavy atom. The summed E-state index contributed by atoms with van der Waals surface area (Å²) in [5.41, 5.74) is 3.11. The Labute approximate surface area is 108 Å². The molecule has 2 aliphatic heterocycles. The third-order valence-corrected chi connectivity index (χ3v) is 5.19. The van der Waals surface area contributed by atoms with Crippen molar-refractivity contribution in [1.82, 2.24) is 10.2 Å². The quantitative estimate of drug-likeness (QED) is 0.864. The SMILES string of the molecule is CC1CSc2c(CN3CCNCC3)cccc21. The van der Waals surface area contributed by atoms with Gasteiger partial charge in [0.15, 0.2) is 0 Å². The third-order valence-electron chi connectivity index (χ3n) is 3.74. The number of nitrogens with zero attached hydrogens (tertiary/aromatic N) is 1. The Morgan fingerprint density at radius 1 is 1.35 bits per heavy atom. The van der Waals surface area contributed by atoms with E-state index in [1.807, 2.05) is 11.8 Å². The van der Waals surface area contributed by atoms with Gasteiger partial charge in [-0.15, -0.1) is 11.8 Å². The van der Waals surface area contributed by atoms with Crippen molar-refractivity contribution in [2.75, 3.05) is 31.9 Å². The molecule has 0 bridgehead atoms. The summed E-state index contributed by atoms with van der Waals surface area (Å²) in [5.74, 6) is 1.99. The van der Waals surface area contributed by atoms with Gasteiger partial charge in [0, 0.05) is 43.4 Å². The van der Waals surface area contributed by atoms with Crippen LogP contribution in [0.25, 0.3) is 0 Å². The molecule has 0 aromatic heterocycles. The van der Waals surface area contributed by atoms with Gasteiger partial charge in [-0.25, -0.2) is 0 Å². The minimum Gasteiger partial charge on any atom is -0.314 e. The molecule has 0 radical (unpaired) electrons. The van der Waals surface area contributed by atoms with E-state index in [1.165, 1.54) is 18.8 Å². The number of thioether (sulfide) groups is 1. The van der Waals surface area contributed by atoms with E-state index in [0.29, 0.717) is 0 Å². The first-order chi connectivity index (χ1) is 8.34. The van der Waals surface area contributed by atoms with Crippen molar-refractivity contribution in [2.24, 2.45) is 0 Å². The summed E-state index contributed by atoms with van der Waals surface area (Å²) < 4.78 is 0. The summed E-state index contributed by atoms with van der Waals surface area (Å²) in [4.78, 5) is 4.13. The topological polar surface area (TPSA) is 15.3 Å². The van der Waals surface area contributed by atoms with Crippen molar-refractivity contribution in [2.45, 2.75) is 24.3 Å². The van der Waals surface area contributed by atoms with E-state index >= 15 is 0 Å². The first-order valence-corrected chi connectivity index (χ1v) is 7.51. The highest BCUT2D eigenvalue weighted by molar-refractivity contribution is 7.99. The highest BCUT2D eigenvalue weighted by atomic mass is 32.2. The predicted octanol–water partition coefficient (Wildman–Crippen LogP) is 2.30. The number of benzene rings is 1. The normalized spacial score (nSPS) is 24.9. The minimum absolute atomic E-state index is 0.734. The first-order valence-electron chi connectivity index (χ1n) is 6.52. The molecule has 1 saturated heterocycles. The molecule has 1 atom stereocenters. The fourth-order valence-corrected chi connectivity index (χ4v) is 4.05. The fourth-order valence-electron chi connectivity index (χ4n) is 2.70. The van der Waals surface area contributed by atoms with Gasteiger partial charge in [-0.1, -0.05) is 25.1 Å². The lowest BCUT2D eigenvalue weighted by Crippen LogP contribution is -2.42. The number of hydrogen-bond acceptors (Lipinski definition) is 3. The molecule has 3 rings (SSSR count). The second-order valence-corrected chi connectivity index (χ2v) is 6.10. The first kappa shape index (κ1) is 11.6. The van der Waals surface area contributed by atoms with E-state index in [9.17, 15) is 0 Å². The third kappa shape index (κ3) is 2.37. The zero-order valence-electron chi connectivity index (χ0n) is 10.4. The van der Waals surface area contributed by atoms with Gasteiger partial charge in [-0.2, -0.15) is 0 Å². The largest absolute Gasteiger partial charge is 0.314 e. The van der Waals surface area contributed by atoms with Crippen molar-refractivity contribution < 1.29 is 0 Å². The average molecular weight is 248 g/mol. The molecule has 2 nitrogen and oxygen atoms in total. The van der Waals surface area contributed by atoms with E-state index in [-0.39, 0.29) is 0 Å². The van der Waals surface area contributed by atoms with Gasteiger partial charge < -0.3 is 5.32 Å². The molecule has 3 heteroatoms. The molecule has 0 saturated carbocycles. The monoisotopic (exact) mass is 248 g/mol. The Morgan fingerprint density at radius 3 is 3.00 bits per heavy atom. The molecule has 0 aliphatic carbocycles. The zero-order valence-corrected chi connectivity index (χ0v) is 11.2. The average Bonchev–Trinajstić information content (AvgIpc) is 2.74. The minimum atomic E-state index is 0.734. The van der Waals surface area contributed by atoms with Gasteiger partial charge in [-0.05, 0) is 17.0 Å². The van der Waals surface area contributed by atoms with Crippen molar-refractivity contribution >= 4 is 11.8 Å². The van der Waals surface area contributed by atoms with Crippen molar-refractivity contribution in [3.05, 3.63) is 29.3 Å². The predicted molar refractivity (Wildman–Crippen MR) is 73.7 cm³/mol. The molecule has 1 N–H and O–H groups in total. The standard InChI is InChI=1S/C14H20N2S/c1-11-10-17-14-12(3-2-4-13(11)14)9-16-7-5-15-6-8-16/h2-4,11,15H,5-10H2,1H3. The zero-order chi connectivity index (χ0) is 11.7. The number of hydrogen-bond donors (Lipinski definition) is 1. The molecule has 2 aliphatic rings. The van der Waals surface area contributed by atoms with Crippen LogP contribution in [-0.4, -0.2) is 36.8 Å². The lowest BCUT2D eigenvalue weighted by molar-refractivity contribution is 0.231. The summed E-state index contributed by atoms with van der Waals surface area (Å²) in [6, 6.07) is 6.85. The molecular weight excluding hydrogens is 228 g/mol. The summed E-state index contributed by atoms with van der Waals surface area (Å²) in [5, 5.41) is 3.41. The van der Waals surface area contributed by atoms with Crippen molar-refractivity contribution in [1.29, 1.82) is 0 Å². The van der Waals surface area contributed by atoms with Crippen LogP contribution in [0.4, 0.5) is 0 Å². The van der Waals surface area contributed by atoms with E-state index in [4.69, 9.17) is 0 Å². The van der Waals surface area contributed by atoms with E-state index < -0.39 is 0 Å². The van der Waals surface area contributed by atoms with E-state index in [2.05, 4.69) is 35.3 Å². The molecule has 0 amide bonds. The summed E-state index contributed by atoms with van der Waals surface area (Å²) in [7, 11) is 0. The van der Waals surface area contributed by atoms with Crippen LogP contribution in [0.15, 0.2) is 23.1 Å². The van der Waals surface area contributed by atoms with Crippen molar-refractivity contribution in [3.8, 4) is 0 Å². The maximum absolute atomic E-state index is 3.41. The lowest BCUT2D eigenvalue weighted by Gasteiger charge is -2.27. The molecular formula is C14H20N2S. The molecule has 17 heavy (non-hydrogen) atoms. The van der Waals surface area contributed by atoms with Crippen LogP contribution in [0.2, 0.25) is 0 Å².